The third kappa shape index (κ3) is 6.82. The standard InChI is InChI=1S/C18H20ClFN2O4S/c1-22(11-12-26-16-4-2-3-14(19)13-16)18(23)9-10-21-27(24,25)17-7-5-15(20)6-8-17/h2-8,13,21H,9-12H2,1H3. The van der Waals surface area contributed by atoms with E-state index < -0.39 is 15.8 Å². The summed E-state index contributed by atoms with van der Waals surface area (Å²) in [6, 6.07) is 11.4. The Kier molecular flexibility index (Phi) is 7.58. The lowest BCUT2D eigenvalue weighted by Gasteiger charge is -2.17. The number of carbonyl (C=O) groups excluding carboxylic acids is 1. The second-order valence-electron chi connectivity index (χ2n) is 5.72. The summed E-state index contributed by atoms with van der Waals surface area (Å²) >= 11 is 5.86. The van der Waals surface area contributed by atoms with Crippen LogP contribution in [0.5, 0.6) is 5.75 Å². The average Bonchev–Trinajstić information content (AvgIpc) is 2.62. The van der Waals surface area contributed by atoms with Crippen LogP contribution in [-0.4, -0.2) is 46.0 Å². The maximum absolute atomic E-state index is 12.9. The molecule has 0 spiro atoms. The van der Waals surface area contributed by atoms with Gasteiger partial charge in [-0.05, 0) is 42.5 Å². The smallest absolute Gasteiger partial charge is 0.240 e. The first kappa shape index (κ1) is 21.1. The maximum atomic E-state index is 12.9. The van der Waals surface area contributed by atoms with Crippen LogP contribution in [0.2, 0.25) is 5.02 Å². The molecule has 0 aromatic heterocycles. The molecule has 146 valence electrons. The number of likely N-dealkylation sites (N-methyl/N-ethyl adjacent to an activating group) is 1. The lowest BCUT2D eigenvalue weighted by molar-refractivity contribution is -0.130. The second-order valence-corrected chi connectivity index (χ2v) is 7.93. The summed E-state index contributed by atoms with van der Waals surface area (Å²) in [5, 5.41) is 0.561. The van der Waals surface area contributed by atoms with Gasteiger partial charge in [-0.1, -0.05) is 17.7 Å². The molecule has 2 rings (SSSR count). The monoisotopic (exact) mass is 414 g/mol. The highest BCUT2D eigenvalue weighted by Crippen LogP contribution is 2.17. The minimum atomic E-state index is -3.78. The number of hydrogen-bond acceptors (Lipinski definition) is 4. The Labute approximate surface area is 162 Å². The molecule has 1 N–H and O–H groups in total. The fourth-order valence-electron chi connectivity index (χ4n) is 2.16. The maximum Gasteiger partial charge on any atom is 0.240 e. The number of ether oxygens (including phenoxy) is 1. The van der Waals surface area contributed by atoms with Crippen LogP contribution < -0.4 is 9.46 Å². The predicted molar refractivity (Wildman–Crippen MR) is 101 cm³/mol. The molecular weight excluding hydrogens is 395 g/mol. The second kappa shape index (κ2) is 9.68. The molecule has 1 amide bonds. The molecule has 0 fully saturated rings. The number of hydrogen-bond donors (Lipinski definition) is 1. The molecule has 0 saturated heterocycles. The Morgan fingerprint density at radius 1 is 1.22 bits per heavy atom. The third-order valence-corrected chi connectivity index (χ3v) is 5.38. The zero-order valence-corrected chi connectivity index (χ0v) is 16.3. The van der Waals surface area contributed by atoms with Crippen molar-refractivity contribution in [3.05, 3.63) is 59.4 Å². The van der Waals surface area contributed by atoms with Crippen molar-refractivity contribution in [2.75, 3.05) is 26.7 Å². The Morgan fingerprint density at radius 3 is 2.59 bits per heavy atom. The van der Waals surface area contributed by atoms with Gasteiger partial charge in [0.25, 0.3) is 0 Å². The van der Waals surface area contributed by atoms with E-state index in [0.29, 0.717) is 17.3 Å². The molecule has 0 aliphatic carbocycles. The highest BCUT2D eigenvalue weighted by Gasteiger charge is 2.15. The zero-order valence-electron chi connectivity index (χ0n) is 14.7. The van der Waals surface area contributed by atoms with E-state index in [9.17, 15) is 17.6 Å². The number of nitrogens with zero attached hydrogens (tertiary/aromatic N) is 1. The first-order valence-corrected chi connectivity index (χ1v) is 10.0. The van der Waals surface area contributed by atoms with Crippen LogP contribution in [0.4, 0.5) is 4.39 Å². The van der Waals surface area contributed by atoms with Crippen molar-refractivity contribution >= 4 is 27.5 Å². The Hall–Kier alpha value is -2.16. The van der Waals surface area contributed by atoms with Gasteiger partial charge in [-0.15, -0.1) is 0 Å². The van der Waals surface area contributed by atoms with Gasteiger partial charge in [0.2, 0.25) is 15.9 Å². The molecule has 0 aliphatic heterocycles. The SMILES string of the molecule is CN(CCOc1cccc(Cl)c1)C(=O)CCNS(=O)(=O)c1ccc(F)cc1. The summed E-state index contributed by atoms with van der Waals surface area (Å²) in [6.07, 6.45) is -0.00586. The van der Waals surface area contributed by atoms with Crippen LogP contribution in [0.3, 0.4) is 0 Å². The third-order valence-electron chi connectivity index (χ3n) is 3.67. The van der Waals surface area contributed by atoms with Crippen LogP contribution in [0.1, 0.15) is 6.42 Å². The number of rotatable bonds is 9. The van der Waals surface area contributed by atoms with Gasteiger partial charge >= 0.3 is 0 Å². The van der Waals surface area contributed by atoms with Gasteiger partial charge in [-0.25, -0.2) is 17.5 Å². The number of halogens is 2. The van der Waals surface area contributed by atoms with E-state index in [1.54, 1.807) is 31.3 Å². The van der Waals surface area contributed by atoms with Gasteiger partial charge in [0.1, 0.15) is 18.2 Å². The van der Waals surface area contributed by atoms with E-state index in [1.165, 1.54) is 17.0 Å². The highest BCUT2D eigenvalue weighted by atomic mass is 35.5. The molecular formula is C18H20ClFN2O4S. The average molecular weight is 415 g/mol. The number of nitrogens with one attached hydrogen (secondary N) is 1. The quantitative estimate of drug-likeness (QED) is 0.684. The van der Waals surface area contributed by atoms with Gasteiger partial charge in [0.05, 0.1) is 11.4 Å². The Morgan fingerprint density at radius 2 is 1.93 bits per heavy atom. The number of carbonyl (C=O) groups is 1. The van der Waals surface area contributed by atoms with E-state index >= 15 is 0 Å². The van der Waals surface area contributed by atoms with Gasteiger partial charge in [-0.2, -0.15) is 0 Å². The summed E-state index contributed by atoms with van der Waals surface area (Å²) in [5.41, 5.74) is 0. The molecule has 9 heteroatoms. The molecule has 2 aromatic rings. The fourth-order valence-corrected chi connectivity index (χ4v) is 3.37. The van der Waals surface area contributed by atoms with Crippen molar-refractivity contribution in [2.24, 2.45) is 0 Å². The molecule has 0 atom stereocenters. The van der Waals surface area contributed by atoms with E-state index in [0.717, 1.165) is 12.1 Å². The molecule has 0 bridgehead atoms. The molecule has 0 unspecified atom stereocenters. The van der Waals surface area contributed by atoms with E-state index in [-0.39, 0.29) is 30.4 Å². The fraction of sp³-hybridized carbons (Fsp3) is 0.278. The summed E-state index contributed by atoms with van der Waals surface area (Å²) in [6.45, 7) is 0.567. The predicted octanol–water partition coefficient (Wildman–Crippen LogP) is 2.68. The van der Waals surface area contributed by atoms with Crippen molar-refractivity contribution in [1.29, 1.82) is 0 Å². The van der Waals surface area contributed by atoms with Gasteiger partial charge in [0, 0.05) is 25.0 Å². The van der Waals surface area contributed by atoms with Crippen molar-refractivity contribution in [3.63, 3.8) is 0 Å². The first-order valence-electron chi connectivity index (χ1n) is 8.15. The summed E-state index contributed by atoms with van der Waals surface area (Å²) in [5.74, 6) is -0.146. The number of benzene rings is 2. The zero-order chi connectivity index (χ0) is 19.9. The molecule has 0 heterocycles. The van der Waals surface area contributed by atoms with Gasteiger partial charge in [0.15, 0.2) is 0 Å². The Balaban J connectivity index is 1.73. The summed E-state index contributed by atoms with van der Waals surface area (Å²) < 4.78 is 44.8. The molecule has 0 saturated carbocycles. The van der Waals surface area contributed by atoms with E-state index in [1.807, 2.05) is 0 Å². The van der Waals surface area contributed by atoms with Crippen molar-refractivity contribution in [1.82, 2.24) is 9.62 Å². The topological polar surface area (TPSA) is 75.7 Å². The summed E-state index contributed by atoms with van der Waals surface area (Å²) in [4.78, 5) is 13.5. The largest absolute Gasteiger partial charge is 0.492 e. The van der Waals surface area contributed by atoms with Gasteiger partial charge < -0.3 is 9.64 Å². The Bertz CT molecular complexity index is 875. The van der Waals surface area contributed by atoms with Crippen molar-refractivity contribution in [3.8, 4) is 5.75 Å². The molecule has 0 aliphatic rings. The molecule has 2 aromatic carbocycles. The van der Waals surface area contributed by atoms with Crippen LogP contribution in [0, 0.1) is 5.82 Å². The summed E-state index contributed by atoms with van der Waals surface area (Å²) in [7, 11) is -2.17. The minimum Gasteiger partial charge on any atom is -0.492 e. The van der Waals surface area contributed by atoms with Crippen LogP contribution in [0.15, 0.2) is 53.4 Å². The number of sulfonamides is 1. The minimum absolute atomic E-state index is 0.00586. The van der Waals surface area contributed by atoms with Crippen molar-refractivity contribution < 1.29 is 22.3 Å². The molecule has 0 radical (unpaired) electrons. The molecule has 6 nitrogen and oxygen atoms in total. The lowest BCUT2D eigenvalue weighted by Crippen LogP contribution is -2.34. The van der Waals surface area contributed by atoms with Crippen LogP contribution in [-0.2, 0) is 14.8 Å². The van der Waals surface area contributed by atoms with Crippen molar-refractivity contribution in [2.45, 2.75) is 11.3 Å². The van der Waals surface area contributed by atoms with E-state index in [4.69, 9.17) is 16.3 Å². The highest BCUT2D eigenvalue weighted by molar-refractivity contribution is 7.89. The molecule has 27 heavy (non-hydrogen) atoms. The van der Waals surface area contributed by atoms with E-state index in [2.05, 4.69) is 4.72 Å². The number of amides is 1. The first-order chi connectivity index (χ1) is 12.8. The van der Waals surface area contributed by atoms with Gasteiger partial charge in [-0.3, -0.25) is 4.79 Å². The lowest BCUT2D eigenvalue weighted by atomic mass is 10.3. The van der Waals surface area contributed by atoms with Crippen LogP contribution >= 0.6 is 11.6 Å². The normalized spacial score (nSPS) is 11.2. The van der Waals surface area contributed by atoms with Crippen LogP contribution in [0.25, 0.3) is 0 Å².